The Morgan fingerprint density at radius 3 is 2.73 bits per heavy atom. The minimum Gasteiger partial charge on any atom is -0.391 e. The second kappa shape index (κ2) is 6.98. The van der Waals surface area contributed by atoms with Crippen LogP contribution in [0.5, 0.6) is 0 Å². The molecule has 8 atom stereocenters. The molecule has 0 aromatic rings. The number of hydrogen-bond donors (Lipinski definition) is 1. The van der Waals surface area contributed by atoms with Crippen molar-refractivity contribution in [2.24, 2.45) is 39.7 Å². The molecule has 5 nitrogen and oxygen atoms in total. The summed E-state index contributed by atoms with van der Waals surface area (Å²) in [5, 5.41) is 7.74. The summed E-state index contributed by atoms with van der Waals surface area (Å²) in [4.78, 5) is 31.7. The van der Waals surface area contributed by atoms with Crippen molar-refractivity contribution in [1.29, 1.82) is 0 Å². The van der Waals surface area contributed by atoms with Crippen molar-refractivity contribution in [3.63, 3.8) is 0 Å². The Labute approximate surface area is 177 Å². The van der Waals surface area contributed by atoms with E-state index in [1.54, 1.807) is 6.92 Å². The molecular formula is C24H33FN2O3. The van der Waals surface area contributed by atoms with Crippen LogP contribution < -0.4 is 5.32 Å². The van der Waals surface area contributed by atoms with Gasteiger partial charge in [0.05, 0.1) is 11.1 Å². The number of oxime groups is 1. The molecule has 1 saturated heterocycles. The number of allylic oxidation sites excluding steroid dienone is 1. The van der Waals surface area contributed by atoms with Crippen molar-refractivity contribution >= 4 is 17.3 Å². The highest BCUT2D eigenvalue weighted by atomic mass is 19.1. The number of hydrogen-bond acceptors (Lipinski definition) is 5. The molecule has 0 bridgehead atoms. The van der Waals surface area contributed by atoms with E-state index in [-0.39, 0.29) is 46.8 Å². The molecule has 6 heteroatoms. The maximum Gasteiger partial charge on any atom is 0.171 e. The highest BCUT2D eigenvalue weighted by molar-refractivity contribution is 5.99. The second-order valence-electron chi connectivity index (χ2n) is 10.8. The fourth-order valence-electron chi connectivity index (χ4n) is 7.56. The average molecular weight is 417 g/mol. The highest BCUT2D eigenvalue weighted by Crippen LogP contribution is 2.65. The number of ketones is 2. The first kappa shape index (κ1) is 20.3. The predicted octanol–water partition coefficient (Wildman–Crippen LogP) is 3.63. The minimum absolute atomic E-state index is 0.0361. The monoisotopic (exact) mass is 416 g/mol. The van der Waals surface area contributed by atoms with Crippen LogP contribution in [0.3, 0.4) is 0 Å². The number of Topliss-reactive ketones (excluding diaryl/α,β-unsaturated/α-hetero) is 2. The molecule has 1 heterocycles. The Bertz CT molecular complexity index is 819. The van der Waals surface area contributed by atoms with E-state index in [1.165, 1.54) is 0 Å². The highest BCUT2D eigenvalue weighted by Gasteiger charge is 2.68. The van der Waals surface area contributed by atoms with Gasteiger partial charge in [-0.15, -0.1) is 0 Å². The molecule has 0 aromatic heterocycles. The topological polar surface area (TPSA) is 67.8 Å². The van der Waals surface area contributed by atoms with Crippen molar-refractivity contribution in [2.45, 2.75) is 71.1 Å². The average Bonchev–Trinajstić information content (AvgIpc) is 3.34. The van der Waals surface area contributed by atoms with Gasteiger partial charge in [-0.25, -0.2) is 4.39 Å². The molecule has 5 aliphatic rings. The Balaban J connectivity index is 1.42. The van der Waals surface area contributed by atoms with E-state index in [2.05, 4.69) is 24.0 Å². The molecule has 4 aliphatic carbocycles. The molecule has 0 spiro atoms. The smallest absolute Gasteiger partial charge is 0.171 e. The summed E-state index contributed by atoms with van der Waals surface area (Å²) in [5.74, 6) is -0.619. The van der Waals surface area contributed by atoms with Crippen LogP contribution in [-0.2, 0) is 14.4 Å². The fraction of sp³-hybridized carbons (Fsp3) is 0.792. The van der Waals surface area contributed by atoms with E-state index in [0.717, 1.165) is 56.5 Å². The molecular weight excluding hydrogens is 383 g/mol. The summed E-state index contributed by atoms with van der Waals surface area (Å²) in [6.45, 7) is 10.1. The van der Waals surface area contributed by atoms with E-state index >= 15 is 4.39 Å². The molecule has 4 saturated carbocycles. The van der Waals surface area contributed by atoms with Crippen molar-refractivity contribution in [3.05, 3.63) is 12.2 Å². The van der Waals surface area contributed by atoms with Crippen LogP contribution >= 0.6 is 0 Å². The lowest BCUT2D eigenvalue weighted by molar-refractivity contribution is -0.165. The van der Waals surface area contributed by atoms with Gasteiger partial charge in [0.25, 0.3) is 0 Å². The van der Waals surface area contributed by atoms with E-state index in [0.29, 0.717) is 12.8 Å². The normalized spacial score (nSPS) is 49.7. The summed E-state index contributed by atoms with van der Waals surface area (Å²) in [5.41, 5.74) is 0.722. The van der Waals surface area contributed by atoms with Crippen LogP contribution in [0, 0.1) is 34.5 Å². The minimum atomic E-state index is -1.67. The largest absolute Gasteiger partial charge is 0.391 e. The summed E-state index contributed by atoms with van der Waals surface area (Å²) in [6.07, 6.45) is 3.56. The SMILES string of the molecule is C=C1CC2C3CCC(=O)[C@@]3(C)C(F)C(=O)C2[C@@]2(C)CCC(=NOC3CCNC3)C[C@H]12. The number of rotatable bonds is 2. The van der Waals surface area contributed by atoms with Crippen molar-refractivity contribution < 1.29 is 18.8 Å². The van der Waals surface area contributed by atoms with E-state index in [1.807, 2.05) is 0 Å². The van der Waals surface area contributed by atoms with Gasteiger partial charge in [0.2, 0.25) is 0 Å². The van der Waals surface area contributed by atoms with Crippen LogP contribution in [-0.4, -0.2) is 42.6 Å². The summed E-state index contributed by atoms with van der Waals surface area (Å²) < 4.78 is 15.5. The summed E-state index contributed by atoms with van der Waals surface area (Å²) in [7, 11) is 0. The number of halogens is 1. The van der Waals surface area contributed by atoms with Crippen LogP contribution in [0.1, 0.15) is 58.8 Å². The first-order valence-corrected chi connectivity index (χ1v) is 11.6. The zero-order chi connectivity index (χ0) is 21.3. The van der Waals surface area contributed by atoms with E-state index < -0.39 is 11.6 Å². The molecule has 0 aromatic carbocycles. The Kier molecular flexibility index (Phi) is 4.73. The van der Waals surface area contributed by atoms with Gasteiger partial charge < -0.3 is 10.2 Å². The van der Waals surface area contributed by atoms with Gasteiger partial charge in [0.15, 0.2) is 12.0 Å². The third-order valence-corrected chi connectivity index (χ3v) is 9.32. The number of nitrogens with zero attached hydrogens (tertiary/aromatic N) is 1. The van der Waals surface area contributed by atoms with Gasteiger partial charge in [0.1, 0.15) is 11.9 Å². The summed E-state index contributed by atoms with van der Waals surface area (Å²) in [6, 6.07) is 0. The van der Waals surface area contributed by atoms with Gasteiger partial charge in [0, 0.05) is 25.3 Å². The Hall–Kier alpha value is -1.56. The first-order chi connectivity index (χ1) is 14.3. The molecule has 5 unspecified atom stereocenters. The Morgan fingerprint density at radius 1 is 1.20 bits per heavy atom. The molecule has 0 amide bonds. The van der Waals surface area contributed by atoms with Crippen LogP contribution in [0.15, 0.2) is 17.3 Å². The standard InChI is InChI=1S/C24H33FN2O3/c1-13-10-16-17-4-5-19(28)24(17,3)22(25)21(29)20(16)23(2)8-6-14(11-18(13)23)27-30-15-7-9-26-12-15/h15-18,20,22,26H,1,4-12H2,2-3H3/t15?,16?,17?,18-,20?,22?,23+,24+/m1/s1. The molecule has 1 aliphatic heterocycles. The maximum atomic E-state index is 15.5. The second-order valence-corrected chi connectivity index (χ2v) is 10.8. The fourth-order valence-corrected chi connectivity index (χ4v) is 7.56. The van der Waals surface area contributed by atoms with Crippen molar-refractivity contribution in [3.8, 4) is 0 Å². The number of nitrogens with one attached hydrogen (secondary N) is 1. The van der Waals surface area contributed by atoms with Gasteiger partial charge >= 0.3 is 0 Å². The Morgan fingerprint density at radius 2 is 2.00 bits per heavy atom. The number of alkyl halides is 1. The molecule has 1 N–H and O–H groups in total. The quantitative estimate of drug-likeness (QED) is 0.551. The first-order valence-electron chi connectivity index (χ1n) is 11.6. The number of carbonyl (C=O) groups is 2. The number of carbonyl (C=O) groups excluding carboxylic acids is 2. The molecule has 5 fully saturated rings. The van der Waals surface area contributed by atoms with Gasteiger partial charge in [-0.3, -0.25) is 9.59 Å². The van der Waals surface area contributed by atoms with Gasteiger partial charge in [-0.2, -0.15) is 0 Å². The maximum absolute atomic E-state index is 15.5. The molecule has 5 rings (SSSR count). The lowest BCUT2D eigenvalue weighted by Gasteiger charge is -2.59. The molecule has 30 heavy (non-hydrogen) atoms. The zero-order valence-corrected chi connectivity index (χ0v) is 18.1. The number of fused-ring (bicyclic) bond motifs is 5. The van der Waals surface area contributed by atoms with Crippen LogP contribution in [0.2, 0.25) is 0 Å². The van der Waals surface area contributed by atoms with Gasteiger partial charge in [-0.05, 0) is 68.7 Å². The van der Waals surface area contributed by atoms with Crippen LogP contribution in [0.4, 0.5) is 4.39 Å². The third-order valence-electron chi connectivity index (χ3n) is 9.32. The molecule has 0 radical (unpaired) electrons. The van der Waals surface area contributed by atoms with Gasteiger partial charge in [-0.1, -0.05) is 24.2 Å². The molecule has 164 valence electrons. The van der Waals surface area contributed by atoms with Crippen molar-refractivity contribution in [2.75, 3.05) is 13.1 Å². The zero-order valence-electron chi connectivity index (χ0n) is 18.1. The lowest BCUT2D eigenvalue weighted by atomic mass is 9.43. The van der Waals surface area contributed by atoms with E-state index in [9.17, 15) is 9.59 Å². The third kappa shape index (κ3) is 2.71. The van der Waals surface area contributed by atoms with Crippen LogP contribution in [0.25, 0.3) is 0 Å². The van der Waals surface area contributed by atoms with Crippen molar-refractivity contribution in [1.82, 2.24) is 5.32 Å². The van der Waals surface area contributed by atoms with E-state index in [4.69, 9.17) is 4.84 Å². The lowest BCUT2D eigenvalue weighted by Crippen LogP contribution is -2.62. The summed E-state index contributed by atoms with van der Waals surface area (Å²) >= 11 is 0. The predicted molar refractivity (Wildman–Crippen MR) is 112 cm³/mol.